The summed E-state index contributed by atoms with van der Waals surface area (Å²) in [5.74, 6) is 0.633. The number of benzene rings is 2. The SMILES string of the molecule is COc1cc(C(C)(C)C)c(O)c(NC(=O)NC2CCCCCC2)c1-c1ccc(N)cc1.Cl. The number of carbonyl (C=O) groups is 1. The van der Waals surface area contributed by atoms with E-state index in [0.29, 0.717) is 28.3 Å². The predicted molar refractivity (Wildman–Crippen MR) is 134 cm³/mol. The Bertz CT molecular complexity index is 916. The normalized spacial score (nSPS) is 14.8. The zero-order valence-corrected chi connectivity index (χ0v) is 20.3. The smallest absolute Gasteiger partial charge is 0.319 e. The van der Waals surface area contributed by atoms with Gasteiger partial charge in [-0.05, 0) is 42.0 Å². The van der Waals surface area contributed by atoms with Gasteiger partial charge >= 0.3 is 6.03 Å². The second-order valence-corrected chi connectivity index (χ2v) is 9.38. The average molecular weight is 462 g/mol. The molecule has 1 aliphatic carbocycles. The number of methoxy groups -OCH3 is 1. The Hall–Kier alpha value is -2.60. The van der Waals surface area contributed by atoms with Crippen LogP contribution in [0.25, 0.3) is 11.1 Å². The van der Waals surface area contributed by atoms with Crippen molar-refractivity contribution in [3.63, 3.8) is 0 Å². The van der Waals surface area contributed by atoms with Crippen molar-refractivity contribution in [1.29, 1.82) is 0 Å². The van der Waals surface area contributed by atoms with Crippen molar-refractivity contribution in [3.05, 3.63) is 35.9 Å². The molecule has 1 aliphatic rings. The van der Waals surface area contributed by atoms with Crippen molar-refractivity contribution in [2.24, 2.45) is 0 Å². The number of phenolic OH excluding ortho intramolecular Hbond substituents is 1. The van der Waals surface area contributed by atoms with E-state index in [0.717, 1.165) is 31.2 Å². The lowest BCUT2D eigenvalue weighted by molar-refractivity contribution is 0.247. The van der Waals surface area contributed by atoms with E-state index in [1.807, 2.05) is 39.0 Å². The van der Waals surface area contributed by atoms with Gasteiger partial charge in [-0.15, -0.1) is 12.4 Å². The minimum absolute atomic E-state index is 0. The maximum atomic E-state index is 12.9. The fraction of sp³-hybridized carbons (Fsp3) is 0.480. The molecule has 2 aromatic rings. The van der Waals surface area contributed by atoms with Gasteiger partial charge in [-0.2, -0.15) is 0 Å². The Balaban J connectivity index is 0.00000363. The molecule has 1 fully saturated rings. The highest BCUT2D eigenvalue weighted by Crippen LogP contribution is 2.48. The highest BCUT2D eigenvalue weighted by atomic mass is 35.5. The van der Waals surface area contributed by atoms with Gasteiger partial charge < -0.3 is 26.2 Å². The largest absolute Gasteiger partial charge is 0.505 e. The van der Waals surface area contributed by atoms with Crippen molar-refractivity contribution in [2.75, 3.05) is 18.2 Å². The summed E-state index contributed by atoms with van der Waals surface area (Å²) in [4.78, 5) is 12.9. The highest BCUT2D eigenvalue weighted by molar-refractivity contribution is 5.99. The van der Waals surface area contributed by atoms with E-state index >= 15 is 0 Å². The van der Waals surface area contributed by atoms with Gasteiger partial charge in [0.15, 0.2) is 0 Å². The van der Waals surface area contributed by atoms with Crippen LogP contribution in [0.3, 0.4) is 0 Å². The van der Waals surface area contributed by atoms with Gasteiger partial charge in [-0.3, -0.25) is 0 Å². The third-order valence-electron chi connectivity index (χ3n) is 5.92. The lowest BCUT2D eigenvalue weighted by Crippen LogP contribution is -2.37. The van der Waals surface area contributed by atoms with Crippen molar-refractivity contribution < 1.29 is 14.6 Å². The molecule has 7 heteroatoms. The standard InChI is InChI=1S/C25H35N3O3.ClH/c1-25(2,3)19-15-20(31-4)21(16-11-13-17(26)14-12-16)22(23(19)29)28-24(30)27-18-9-7-5-6-8-10-18;/h11-15,18,29H,5-10,26H2,1-4H3,(H2,27,28,30);1H. The number of halogens is 1. The van der Waals surface area contributed by atoms with E-state index in [-0.39, 0.29) is 35.6 Å². The van der Waals surface area contributed by atoms with E-state index in [9.17, 15) is 9.90 Å². The first-order chi connectivity index (χ1) is 14.7. The number of ether oxygens (including phenoxy) is 1. The molecule has 5 N–H and O–H groups in total. The fourth-order valence-corrected chi connectivity index (χ4v) is 4.20. The number of anilines is 2. The molecule has 0 unspecified atom stereocenters. The molecule has 0 aromatic heterocycles. The Morgan fingerprint density at radius 2 is 1.69 bits per heavy atom. The van der Waals surface area contributed by atoms with Gasteiger partial charge in [0, 0.05) is 17.3 Å². The van der Waals surface area contributed by atoms with Crippen LogP contribution in [-0.2, 0) is 5.41 Å². The van der Waals surface area contributed by atoms with Crippen molar-refractivity contribution in [1.82, 2.24) is 5.32 Å². The molecule has 2 amide bonds. The molecule has 0 heterocycles. The molecule has 32 heavy (non-hydrogen) atoms. The number of carbonyl (C=O) groups excluding carboxylic acids is 1. The number of nitrogens with one attached hydrogen (secondary N) is 2. The van der Waals surface area contributed by atoms with Crippen LogP contribution in [0, 0.1) is 0 Å². The number of hydrogen-bond acceptors (Lipinski definition) is 4. The molecule has 0 aliphatic heterocycles. The molecule has 6 nitrogen and oxygen atoms in total. The van der Waals surface area contributed by atoms with Crippen LogP contribution in [0.5, 0.6) is 11.5 Å². The summed E-state index contributed by atoms with van der Waals surface area (Å²) in [6.45, 7) is 6.04. The first-order valence-corrected chi connectivity index (χ1v) is 11.1. The average Bonchev–Trinajstić information content (AvgIpc) is 2.97. The molecule has 0 spiro atoms. The number of nitrogen functional groups attached to an aromatic ring is 1. The number of rotatable bonds is 4. The van der Waals surface area contributed by atoms with E-state index in [1.165, 1.54) is 12.8 Å². The molecular weight excluding hydrogens is 426 g/mol. The van der Waals surface area contributed by atoms with Crippen LogP contribution in [0.2, 0.25) is 0 Å². The molecule has 0 radical (unpaired) electrons. The second-order valence-electron chi connectivity index (χ2n) is 9.38. The predicted octanol–water partition coefficient (Wildman–Crippen LogP) is 6.21. The molecule has 0 atom stereocenters. The van der Waals surface area contributed by atoms with Crippen LogP contribution >= 0.6 is 12.4 Å². The zero-order valence-electron chi connectivity index (χ0n) is 19.5. The number of hydrogen-bond donors (Lipinski definition) is 4. The third kappa shape index (κ3) is 6.00. The van der Waals surface area contributed by atoms with E-state index in [2.05, 4.69) is 10.6 Å². The monoisotopic (exact) mass is 461 g/mol. The molecular formula is C25H36ClN3O3. The second kappa shape index (κ2) is 10.8. The number of aromatic hydroxyl groups is 1. The Labute approximate surface area is 197 Å². The minimum atomic E-state index is -0.342. The lowest BCUT2D eigenvalue weighted by Gasteiger charge is -2.26. The van der Waals surface area contributed by atoms with Crippen LogP contribution in [0.1, 0.15) is 64.9 Å². The maximum Gasteiger partial charge on any atom is 0.319 e. The topological polar surface area (TPSA) is 96.6 Å². The van der Waals surface area contributed by atoms with Crippen LogP contribution in [-0.4, -0.2) is 24.3 Å². The first kappa shape index (κ1) is 25.7. The van der Waals surface area contributed by atoms with Crippen molar-refractivity contribution in [2.45, 2.75) is 70.8 Å². The van der Waals surface area contributed by atoms with Gasteiger partial charge in [0.1, 0.15) is 11.5 Å². The molecule has 176 valence electrons. The summed E-state index contributed by atoms with van der Waals surface area (Å²) < 4.78 is 5.70. The Kier molecular flexibility index (Phi) is 8.67. The number of amides is 2. The number of nitrogens with two attached hydrogens (primary N) is 1. The van der Waals surface area contributed by atoms with Gasteiger partial charge in [0.25, 0.3) is 0 Å². The minimum Gasteiger partial charge on any atom is -0.505 e. The molecule has 1 saturated carbocycles. The molecule has 3 rings (SSSR count). The quantitative estimate of drug-likeness (QED) is 0.247. The van der Waals surface area contributed by atoms with E-state index in [1.54, 1.807) is 19.2 Å². The van der Waals surface area contributed by atoms with E-state index in [4.69, 9.17) is 10.5 Å². The summed E-state index contributed by atoms with van der Waals surface area (Å²) in [5.41, 5.74) is 8.63. The Morgan fingerprint density at radius 1 is 1.09 bits per heavy atom. The molecule has 2 aromatic carbocycles. The summed E-state index contributed by atoms with van der Waals surface area (Å²) in [6, 6.07) is 8.98. The zero-order chi connectivity index (χ0) is 22.6. The van der Waals surface area contributed by atoms with Crippen LogP contribution in [0.15, 0.2) is 30.3 Å². The maximum absolute atomic E-state index is 12.9. The third-order valence-corrected chi connectivity index (χ3v) is 5.92. The van der Waals surface area contributed by atoms with Gasteiger partial charge in [-0.25, -0.2) is 4.79 Å². The molecule has 0 saturated heterocycles. The number of phenols is 1. The fourth-order valence-electron chi connectivity index (χ4n) is 4.20. The lowest BCUT2D eigenvalue weighted by atomic mass is 9.84. The number of urea groups is 1. The van der Waals surface area contributed by atoms with Crippen molar-refractivity contribution in [3.8, 4) is 22.6 Å². The van der Waals surface area contributed by atoms with Gasteiger partial charge in [-0.1, -0.05) is 58.6 Å². The summed E-state index contributed by atoms with van der Waals surface area (Å²) >= 11 is 0. The summed E-state index contributed by atoms with van der Waals surface area (Å²) in [6.07, 6.45) is 6.64. The van der Waals surface area contributed by atoms with Crippen LogP contribution in [0.4, 0.5) is 16.2 Å². The first-order valence-electron chi connectivity index (χ1n) is 11.1. The van der Waals surface area contributed by atoms with Gasteiger partial charge in [0.2, 0.25) is 0 Å². The summed E-state index contributed by atoms with van der Waals surface area (Å²) in [5, 5.41) is 17.2. The summed E-state index contributed by atoms with van der Waals surface area (Å²) in [7, 11) is 1.59. The van der Waals surface area contributed by atoms with Crippen molar-refractivity contribution >= 4 is 29.8 Å². The highest BCUT2D eigenvalue weighted by Gasteiger charge is 2.27. The Morgan fingerprint density at radius 3 is 2.22 bits per heavy atom. The van der Waals surface area contributed by atoms with E-state index < -0.39 is 0 Å². The van der Waals surface area contributed by atoms with Gasteiger partial charge in [0.05, 0.1) is 18.4 Å². The van der Waals surface area contributed by atoms with Crippen LogP contribution < -0.4 is 21.1 Å². The molecule has 0 bridgehead atoms.